The van der Waals surface area contributed by atoms with E-state index < -0.39 is 72.9 Å². The first kappa shape index (κ1) is 31.5. The summed E-state index contributed by atoms with van der Waals surface area (Å²) in [6.45, 7) is -2.03. The Hall–Kier alpha value is -4.42. The van der Waals surface area contributed by atoms with Crippen LogP contribution in [0.2, 0.25) is 5.02 Å². The minimum absolute atomic E-state index is 0.0598. The van der Waals surface area contributed by atoms with Gasteiger partial charge in [0.25, 0.3) is 0 Å². The molecule has 10 nitrogen and oxygen atoms in total. The summed E-state index contributed by atoms with van der Waals surface area (Å²) in [5.41, 5.74) is -2.32. The van der Waals surface area contributed by atoms with Gasteiger partial charge in [0.2, 0.25) is 5.91 Å². The van der Waals surface area contributed by atoms with Crippen molar-refractivity contribution in [1.29, 1.82) is 0 Å². The van der Waals surface area contributed by atoms with Crippen molar-refractivity contribution in [2.75, 3.05) is 0 Å². The Balaban J connectivity index is 1.71. The van der Waals surface area contributed by atoms with Gasteiger partial charge in [0.1, 0.15) is 30.9 Å². The normalized spacial score (nSPS) is 13.3. The molecule has 0 spiro atoms. The van der Waals surface area contributed by atoms with Crippen LogP contribution in [0.1, 0.15) is 17.8 Å². The predicted molar refractivity (Wildman–Crippen MR) is 129 cm³/mol. The summed E-state index contributed by atoms with van der Waals surface area (Å²) in [4.78, 5) is 32.4. The summed E-state index contributed by atoms with van der Waals surface area (Å²) in [7, 11) is 0. The van der Waals surface area contributed by atoms with Crippen molar-refractivity contribution in [3.8, 4) is 17.2 Å². The van der Waals surface area contributed by atoms with Gasteiger partial charge < -0.3 is 5.32 Å². The van der Waals surface area contributed by atoms with Crippen molar-refractivity contribution >= 4 is 17.5 Å². The third-order valence-corrected chi connectivity index (χ3v) is 5.87. The highest BCUT2D eigenvalue weighted by atomic mass is 35.5. The molecule has 4 rings (SSSR count). The van der Waals surface area contributed by atoms with Crippen LogP contribution in [0, 0.1) is 0 Å². The molecule has 3 aromatic heterocycles. The van der Waals surface area contributed by atoms with Crippen molar-refractivity contribution in [3.63, 3.8) is 0 Å². The fourth-order valence-electron chi connectivity index (χ4n) is 3.77. The number of nitrogens with one attached hydrogen (secondary N) is 1. The maximum atomic E-state index is 13.8. The number of hydrogen-bond acceptors (Lipinski definition) is 6. The summed E-state index contributed by atoms with van der Waals surface area (Å²) in [6.07, 6.45) is -15.4. The molecule has 0 radical (unpaired) electrons. The number of nitrogens with zero attached hydrogens (tertiary/aromatic N) is 7. The highest BCUT2D eigenvalue weighted by Gasteiger charge is 2.43. The Kier molecular flexibility index (Phi) is 8.57. The molecule has 0 aliphatic carbocycles. The standard InChI is InChI=1S/C23H16ClF9N8O2/c24-13-5-3-12(4-6-13)18-38-40(10-16-35-11-41(37-16)19-14(22(28,29)30)2-1-7-34-19)20(43)39(18)9-15(23(31,32)33)36-17(42)8-21(25,26)27/h1-7,11,15H,8-10H2,(H,36,42). The van der Waals surface area contributed by atoms with Crippen LogP contribution in [0.5, 0.6) is 0 Å². The minimum Gasteiger partial charge on any atom is -0.343 e. The van der Waals surface area contributed by atoms with E-state index >= 15 is 0 Å². The molecule has 1 amide bonds. The number of carbonyl (C=O) groups excluding carboxylic acids is 1. The zero-order valence-corrected chi connectivity index (χ0v) is 21.8. The highest BCUT2D eigenvalue weighted by molar-refractivity contribution is 6.30. The quantitative estimate of drug-likeness (QED) is 0.285. The van der Waals surface area contributed by atoms with Crippen molar-refractivity contribution in [2.45, 2.75) is 44.1 Å². The molecule has 43 heavy (non-hydrogen) atoms. The first-order chi connectivity index (χ1) is 19.9. The van der Waals surface area contributed by atoms with E-state index in [0.29, 0.717) is 13.9 Å². The van der Waals surface area contributed by atoms with E-state index in [9.17, 15) is 49.1 Å². The van der Waals surface area contributed by atoms with Gasteiger partial charge in [0.05, 0.1) is 6.54 Å². The van der Waals surface area contributed by atoms with E-state index in [4.69, 9.17) is 11.6 Å². The maximum Gasteiger partial charge on any atom is 0.420 e. The summed E-state index contributed by atoms with van der Waals surface area (Å²) in [5.74, 6) is -3.31. The lowest BCUT2D eigenvalue weighted by molar-refractivity contribution is -0.173. The van der Waals surface area contributed by atoms with Gasteiger partial charge >= 0.3 is 24.2 Å². The molecule has 0 saturated heterocycles. The molecule has 0 bridgehead atoms. The van der Waals surface area contributed by atoms with E-state index in [-0.39, 0.29) is 16.4 Å². The molecule has 1 aromatic carbocycles. The number of halogens is 10. The van der Waals surface area contributed by atoms with Gasteiger partial charge in [-0.25, -0.2) is 24.1 Å². The molecule has 0 aliphatic rings. The predicted octanol–water partition coefficient (Wildman–Crippen LogP) is 4.41. The second kappa shape index (κ2) is 11.7. The first-order valence-electron chi connectivity index (χ1n) is 11.7. The third-order valence-electron chi connectivity index (χ3n) is 5.62. The monoisotopic (exact) mass is 642 g/mol. The summed E-state index contributed by atoms with van der Waals surface area (Å²) in [5, 5.41) is 9.32. The Morgan fingerprint density at radius 2 is 1.63 bits per heavy atom. The van der Waals surface area contributed by atoms with Crippen LogP contribution in [-0.4, -0.2) is 58.4 Å². The minimum atomic E-state index is -5.29. The van der Waals surface area contributed by atoms with Crippen molar-refractivity contribution in [2.24, 2.45) is 0 Å². The molecule has 3 heterocycles. The number of aromatic nitrogens is 7. The van der Waals surface area contributed by atoms with Gasteiger partial charge in [-0.3, -0.25) is 9.36 Å². The van der Waals surface area contributed by atoms with Crippen LogP contribution in [0.15, 0.2) is 53.7 Å². The van der Waals surface area contributed by atoms with Gasteiger partial charge in [-0.15, -0.1) is 10.2 Å². The Bertz CT molecular complexity index is 1660. The van der Waals surface area contributed by atoms with Crippen LogP contribution >= 0.6 is 11.6 Å². The van der Waals surface area contributed by atoms with Crippen LogP contribution in [0.4, 0.5) is 39.5 Å². The molecule has 0 fully saturated rings. The first-order valence-corrected chi connectivity index (χ1v) is 12.1. The zero-order chi connectivity index (χ0) is 31.7. The molecule has 1 atom stereocenters. The SMILES string of the molecule is O=C(CC(F)(F)F)NC(Cn1c(-c2ccc(Cl)cc2)nn(Cc2ncn(-c3ncccc3C(F)(F)F)n2)c1=O)C(F)(F)F. The van der Waals surface area contributed by atoms with Gasteiger partial charge in [-0.1, -0.05) is 11.6 Å². The number of pyridine rings is 1. The van der Waals surface area contributed by atoms with Crippen LogP contribution < -0.4 is 11.0 Å². The molecule has 0 aliphatic heterocycles. The van der Waals surface area contributed by atoms with E-state index in [1.807, 2.05) is 0 Å². The van der Waals surface area contributed by atoms with E-state index in [2.05, 4.69) is 20.2 Å². The highest BCUT2D eigenvalue weighted by Crippen LogP contribution is 2.32. The topological polar surface area (TPSA) is 113 Å². The molecule has 20 heteroatoms. The molecule has 1 unspecified atom stereocenters. The van der Waals surface area contributed by atoms with Crippen LogP contribution in [0.25, 0.3) is 17.2 Å². The molecule has 1 N–H and O–H groups in total. The third kappa shape index (κ3) is 7.70. The fourth-order valence-corrected chi connectivity index (χ4v) is 3.89. The summed E-state index contributed by atoms with van der Waals surface area (Å²) in [6, 6.07) is 4.10. The van der Waals surface area contributed by atoms with Gasteiger partial charge in [0.15, 0.2) is 17.5 Å². The second-order valence-corrected chi connectivity index (χ2v) is 9.25. The van der Waals surface area contributed by atoms with Gasteiger partial charge in [-0.2, -0.15) is 39.5 Å². The second-order valence-electron chi connectivity index (χ2n) is 8.81. The Labute approximate surface area is 238 Å². The van der Waals surface area contributed by atoms with E-state index in [1.54, 1.807) is 0 Å². The lowest BCUT2D eigenvalue weighted by Crippen LogP contribution is -2.50. The number of alkyl halides is 9. The van der Waals surface area contributed by atoms with Crippen molar-refractivity contribution in [3.05, 3.63) is 75.8 Å². The maximum absolute atomic E-state index is 13.8. The molecule has 0 saturated carbocycles. The number of rotatable bonds is 8. The molecule has 230 valence electrons. The smallest absolute Gasteiger partial charge is 0.343 e. The fraction of sp³-hybridized carbons (Fsp3) is 0.304. The summed E-state index contributed by atoms with van der Waals surface area (Å²) < 4.78 is 121. The average molecular weight is 643 g/mol. The summed E-state index contributed by atoms with van der Waals surface area (Å²) >= 11 is 5.85. The average Bonchev–Trinajstić information content (AvgIpc) is 3.47. The number of hydrogen-bond donors (Lipinski definition) is 1. The Morgan fingerprint density at radius 3 is 2.23 bits per heavy atom. The lowest BCUT2D eigenvalue weighted by atomic mass is 10.2. The van der Waals surface area contributed by atoms with Crippen molar-refractivity contribution < 1.29 is 44.3 Å². The zero-order valence-electron chi connectivity index (χ0n) is 21.0. The number of amides is 1. The lowest BCUT2D eigenvalue weighted by Gasteiger charge is -2.22. The molecular formula is C23H16ClF9N8O2. The molecule has 4 aromatic rings. The van der Waals surface area contributed by atoms with Gasteiger partial charge in [0, 0.05) is 16.8 Å². The number of benzene rings is 1. The van der Waals surface area contributed by atoms with Crippen molar-refractivity contribution in [1.82, 2.24) is 39.4 Å². The van der Waals surface area contributed by atoms with E-state index in [1.165, 1.54) is 29.6 Å². The largest absolute Gasteiger partial charge is 0.420 e. The number of carbonyl (C=O) groups is 1. The van der Waals surface area contributed by atoms with Crippen LogP contribution in [0.3, 0.4) is 0 Å². The van der Waals surface area contributed by atoms with E-state index in [0.717, 1.165) is 24.7 Å². The van der Waals surface area contributed by atoms with Gasteiger partial charge in [-0.05, 0) is 36.4 Å². The molecular weight excluding hydrogens is 627 g/mol. The Morgan fingerprint density at radius 1 is 0.953 bits per heavy atom. The van der Waals surface area contributed by atoms with Crippen LogP contribution in [-0.2, 0) is 24.1 Å².